The van der Waals surface area contributed by atoms with Gasteiger partial charge in [-0.25, -0.2) is 4.79 Å². The molecule has 1 amide bonds. The standard InChI is InChI=1S/C10H12N2O4/c11-8(13)2-1-5-12-6-7(10(15)16)3-4-9(12)14/h3-4,6H,1-2,5H2,(H2,11,13)(H,15,16). The lowest BCUT2D eigenvalue weighted by molar-refractivity contribution is -0.118. The lowest BCUT2D eigenvalue weighted by atomic mass is 10.2. The van der Waals surface area contributed by atoms with Crippen LogP contribution in [0.25, 0.3) is 0 Å². The van der Waals surface area contributed by atoms with Crippen LogP contribution < -0.4 is 11.3 Å². The van der Waals surface area contributed by atoms with Gasteiger partial charge >= 0.3 is 5.97 Å². The van der Waals surface area contributed by atoms with E-state index >= 15 is 0 Å². The van der Waals surface area contributed by atoms with Crippen LogP contribution in [0.2, 0.25) is 0 Å². The van der Waals surface area contributed by atoms with E-state index in [0.717, 1.165) is 0 Å². The van der Waals surface area contributed by atoms with Crippen LogP contribution in [0.3, 0.4) is 0 Å². The topological polar surface area (TPSA) is 102 Å². The number of nitrogens with two attached hydrogens (primary N) is 1. The zero-order valence-corrected chi connectivity index (χ0v) is 8.55. The molecule has 0 aliphatic carbocycles. The summed E-state index contributed by atoms with van der Waals surface area (Å²) < 4.78 is 1.26. The zero-order chi connectivity index (χ0) is 12.1. The van der Waals surface area contributed by atoms with Gasteiger partial charge in [0.25, 0.3) is 5.56 Å². The van der Waals surface area contributed by atoms with Crippen LogP contribution in [0.15, 0.2) is 23.1 Å². The van der Waals surface area contributed by atoms with Gasteiger partial charge in [0, 0.05) is 25.2 Å². The highest BCUT2D eigenvalue weighted by atomic mass is 16.4. The zero-order valence-electron chi connectivity index (χ0n) is 8.55. The van der Waals surface area contributed by atoms with Gasteiger partial charge in [0.1, 0.15) is 0 Å². The SMILES string of the molecule is NC(=O)CCCn1cc(C(=O)O)ccc1=O. The molecule has 0 aliphatic rings. The number of carbonyl (C=O) groups excluding carboxylic acids is 1. The summed E-state index contributed by atoms with van der Waals surface area (Å²) in [6, 6.07) is 2.43. The molecule has 1 aromatic heterocycles. The number of rotatable bonds is 5. The maximum Gasteiger partial charge on any atom is 0.337 e. The summed E-state index contributed by atoms with van der Waals surface area (Å²) in [4.78, 5) is 32.5. The first-order valence-corrected chi connectivity index (χ1v) is 4.73. The molecule has 6 nitrogen and oxygen atoms in total. The number of carboxylic acids is 1. The van der Waals surface area contributed by atoms with Crippen molar-refractivity contribution < 1.29 is 14.7 Å². The molecule has 0 aromatic carbocycles. The summed E-state index contributed by atoms with van der Waals surface area (Å²) >= 11 is 0. The lowest BCUT2D eigenvalue weighted by Crippen LogP contribution is -2.21. The molecule has 0 aliphatic heterocycles. The van der Waals surface area contributed by atoms with Gasteiger partial charge in [0.15, 0.2) is 0 Å². The van der Waals surface area contributed by atoms with E-state index in [9.17, 15) is 14.4 Å². The largest absolute Gasteiger partial charge is 0.478 e. The van der Waals surface area contributed by atoms with E-state index in [1.54, 1.807) is 0 Å². The van der Waals surface area contributed by atoms with Crippen LogP contribution in [0.1, 0.15) is 23.2 Å². The van der Waals surface area contributed by atoms with E-state index in [-0.39, 0.29) is 24.1 Å². The third-order valence-corrected chi connectivity index (χ3v) is 2.05. The molecule has 0 saturated carbocycles. The van der Waals surface area contributed by atoms with Gasteiger partial charge in [-0.3, -0.25) is 9.59 Å². The Hall–Kier alpha value is -2.11. The Morgan fingerprint density at radius 3 is 2.62 bits per heavy atom. The molecule has 0 bridgehead atoms. The smallest absolute Gasteiger partial charge is 0.337 e. The molecule has 6 heteroatoms. The second-order valence-electron chi connectivity index (χ2n) is 3.32. The minimum Gasteiger partial charge on any atom is -0.478 e. The fourth-order valence-electron chi connectivity index (χ4n) is 1.26. The molecule has 0 unspecified atom stereocenters. The molecule has 3 N–H and O–H groups in total. The van der Waals surface area contributed by atoms with E-state index in [1.807, 2.05) is 0 Å². The summed E-state index contributed by atoms with van der Waals surface area (Å²) in [6.07, 6.45) is 1.84. The van der Waals surface area contributed by atoms with Crippen LogP contribution in [-0.4, -0.2) is 21.6 Å². The van der Waals surface area contributed by atoms with Crippen molar-refractivity contribution in [1.29, 1.82) is 0 Å². The first-order chi connectivity index (χ1) is 7.50. The van der Waals surface area contributed by atoms with Crippen LogP contribution in [0, 0.1) is 0 Å². The predicted molar refractivity (Wildman–Crippen MR) is 56.1 cm³/mol. The second kappa shape index (κ2) is 5.11. The van der Waals surface area contributed by atoms with Crippen molar-refractivity contribution in [3.8, 4) is 0 Å². The first-order valence-electron chi connectivity index (χ1n) is 4.73. The lowest BCUT2D eigenvalue weighted by Gasteiger charge is -2.05. The van der Waals surface area contributed by atoms with E-state index in [4.69, 9.17) is 10.8 Å². The van der Waals surface area contributed by atoms with Crippen LogP contribution in [0.4, 0.5) is 0 Å². The Morgan fingerprint density at radius 2 is 2.06 bits per heavy atom. The number of aryl methyl sites for hydroxylation is 1. The van der Waals surface area contributed by atoms with Gasteiger partial charge < -0.3 is 15.4 Å². The number of nitrogens with zero attached hydrogens (tertiary/aromatic N) is 1. The van der Waals surface area contributed by atoms with Crippen molar-refractivity contribution >= 4 is 11.9 Å². The van der Waals surface area contributed by atoms with E-state index < -0.39 is 11.9 Å². The van der Waals surface area contributed by atoms with Crippen molar-refractivity contribution in [1.82, 2.24) is 4.57 Å². The monoisotopic (exact) mass is 224 g/mol. The number of hydrogen-bond acceptors (Lipinski definition) is 3. The number of pyridine rings is 1. The van der Waals surface area contributed by atoms with Crippen LogP contribution in [0.5, 0.6) is 0 Å². The van der Waals surface area contributed by atoms with Crippen molar-refractivity contribution in [2.24, 2.45) is 5.73 Å². The highest BCUT2D eigenvalue weighted by molar-refractivity contribution is 5.87. The van der Waals surface area contributed by atoms with Gasteiger partial charge in [0.05, 0.1) is 5.56 Å². The summed E-state index contributed by atoms with van der Waals surface area (Å²) in [5, 5.41) is 8.72. The normalized spacial score (nSPS) is 10.0. The minimum absolute atomic E-state index is 0.0404. The van der Waals surface area contributed by atoms with Gasteiger partial charge in [-0.1, -0.05) is 0 Å². The number of aromatic nitrogens is 1. The summed E-state index contributed by atoms with van der Waals surface area (Å²) in [5.74, 6) is -1.54. The van der Waals surface area contributed by atoms with Gasteiger partial charge in [0.2, 0.25) is 5.91 Å². The van der Waals surface area contributed by atoms with Gasteiger partial charge in [-0.15, -0.1) is 0 Å². The third-order valence-electron chi connectivity index (χ3n) is 2.05. The summed E-state index contributed by atoms with van der Waals surface area (Å²) in [6.45, 7) is 0.281. The Balaban J connectivity index is 2.78. The molecular formula is C10H12N2O4. The number of primary amides is 1. The molecule has 0 radical (unpaired) electrons. The maximum atomic E-state index is 11.3. The minimum atomic E-state index is -1.09. The molecule has 86 valence electrons. The molecule has 1 heterocycles. The Labute approximate surface area is 91.3 Å². The fourth-order valence-corrected chi connectivity index (χ4v) is 1.26. The number of hydrogen-bond donors (Lipinski definition) is 2. The Morgan fingerprint density at radius 1 is 1.38 bits per heavy atom. The van der Waals surface area contributed by atoms with E-state index in [2.05, 4.69) is 0 Å². The molecule has 1 aromatic rings. The molecule has 0 fully saturated rings. The molecule has 16 heavy (non-hydrogen) atoms. The van der Waals surface area contributed by atoms with Gasteiger partial charge in [-0.2, -0.15) is 0 Å². The fraction of sp³-hybridized carbons (Fsp3) is 0.300. The number of carbonyl (C=O) groups is 2. The average Bonchev–Trinajstić information content (AvgIpc) is 2.20. The van der Waals surface area contributed by atoms with Crippen LogP contribution >= 0.6 is 0 Å². The quantitative estimate of drug-likeness (QED) is 0.723. The molecule has 0 atom stereocenters. The predicted octanol–water partition coefficient (Wildman–Crippen LogP) is -0.188. The number of amides is 1. The highest BCUT2D eigenvalue weighted by Gasteiger charge is 2.05. The highest BCUT2D eigenvalue weighted by Crippen LogP contribution is 1.98. The molecular weight excluding hydrogens is 212 g/mol. The van der Waals surface area contributed by atoms with Crippen molar-refractivity contribution in [3.63, 3.8) is 0 Å². The molecule has 0 spiro atoms. The summed E-state index contributed by atoms with van der Waals surface area (Å²) in [7, 11) is 0. The Bertz CT molecular complexity index is 464. The average molecular weight is 224 g/mol. The number of carboxylic acid groups (broad SMARTS) is 1. The number of aromatic carboxylic acids is 1. The molecule has 0 saturated heterocycles. The van der Waals surface area contributed by atoms with Crippen molar-refractivity contribution in [3.05, 3.63) is 34.2 Å². The second-order valence-corrected chi connectivity index (χ2v) is 3.32. The van der Waals surface area contributed by atoms with E-state index in [1.165, 1.54) is 22.9 Å². The first kappa shape index (κ1) is 12.0. The summed E-state index contributed by atoms with van der Waals surface area (Å²) in [5.41, 5.74) is 4.70. The maximum absolute atomic E-state index is 11.3. The van der Waals surface area contributed by atoms with Crippen molar-refractivity contribution in [2.75, 3.05) is 0 Å². The Kier molecular flexibility index (Phi) is 3.82. The van der Waals surface area contributed by atoms with Crippen LogP contribution in [-0.2, 0) is 11.3 Å². The third kappa shape index (κ3) is 3.23. The molecule has 1 rings (SSSR count). The van der Waals surface area contributed by atoms with E-state index in [0.29, 0.717) is 6.42 Å². The van der Waals surface area contributed by atoms with Crippen molar-refractivity contribution in [2.45, 2.75) is 19.4 Å². The van der Waals surface area contributed by atoms with Gasteiger partial charge in [-0.05, 0) is 12.5 Å².